The highest BCUT2D eigenvalue weighted by Crippen LogP contribution is 2.34. The van der Waals surface area contributed by atoms with Crippen LogP contribution in [0.4, 0.5) is 4.39 Å². The van der Waals surface area contributed by atoms with Gasteiger partial charge in [0.05, 0.1) is 6.10 Å². The molecule has 0 saturated carbocycles. The van der Waals surface area contributed by atoms with Crippen molar-refractivity contribution >= 4 is 15.9 Å². The van der Waals surface area contributed by atoms with Crippen LogP contribution < -0.4 is 5.73 Å². The highest BCUT2D eigenvalue weighted by molar-refractivity contribution is 9.10. The maximum absolute atomic E-state index is 13.5. The van der Waals surface area contributed by atoms with E-state index in [4.69, 9.17) is 5.73 Å². The summed E-state index contributed by atoms with van der Waals surface area (Å²) in [6, 6.07) is 4.61. The molecule has 1 atom stereocenters. The lowest BCUT2D eigenvalue weighted by Gasteiger charge is -2.29. The molecule has 15 heavy (non-hydrogen) atoms. The molecule has 1 aromatic rings. The number of aliphatic hydroxyl groups excluding tert-OH is 1. The number of aliphatic hydroxyl groups is 1. The van der Waals surface area contributed by atoms with Gasteiger partial charge in [-0.3, -0.25) is 0 Å². The number of benzene rings is 1. The van der Waals surface area contributed by atoms with Crippen LogP contribution in [-0.4, -0.2) is 11.7 Å². The monoisotopic (exact) mass is 275 g/mol. The van der Waals surface area contributed by atoms with Crippen LogP contribution >= 0.6 is 15.9 Å². The Hall–Kier alpha value is -0.450. The smallest absolute Gasteiger partial charge is 0.130 e. The minimum absolute atomic E-state index is 0.286. The Kier molecular flexibility index (Phi) is 3.87. The molecule has 0 aromatic heterocycles. The average Bonchev–Trinajstić information content (AvgIpc) is 2.17. The van der Waals surface area contributed by atoms with Crippen molar-refractivity contribution in [1.29, 1.82) is 0 Å². The third-order valence-corrected chi connectivity index (χ3v) is 3.02. The second-order valence-electron chi connectivity index (χ2n) is 4.26. The van der Waals surface area contributed by atoms with Gasteiger partial charge in [-0.2, -0.15) is 0 Å². The van der Waals surface area contributed by atoms with Crippen molar-refractivity contribution in [3.05, 3.63) is 34.1 Å². The summed E-state index contributed by atoms with van der Waals surface area (Å²) >= 11 is 3.17. The van der Waals surface area contributed by atoms with Gasteiger partial charge in [0.25, 0.3) is 0 Å². The zero-order valence-electron chi connectivity index (χ0n) is 8.80. The van der Waals surface area contributed by atoms with Crippen LogP contribution in [0.5, 0.6) is 0 Å². The number of rotatable bonds is 3. The lowest BCUT2D eigenvalue weighted by molar-refractivity contribution is 0.0524. The summed E-state index contributed by atoms with van der Waals surface area (Å²) in [5.41, 5.74) is 5.29. The number of halogens is 2. The highest BCUT2D eigenvalue weighted by Gasteiger charge is 2.29. The van der Waals surface area contributed by atoms with Gasteiger partial charge in [0.15, 0.2) is 0 Å². The van der Waals surface area contributed by atoms with Crippen LogP contribution in [0.15, 0.2) is 22.7 Å². The average molecular weight is 276 g/mol. The molecule has 1 unspecified atom stereocenters. The molecular formula is C11H15BrFNO. The van der Waals surface area contributed by atoms with E-state index in [1.807, 2.05) is 0 Å². The van der Waals surface area contributed by atoms with E-state index in [1.165, 1.54) is 6.07 Å². The zero-order chi connectivity index (χ0) is 11.6. The molecule has 0 heterocycles. The van der Waals surface area contributed by atoms with Crippen LogP contribution in [0, 0.1) is 11.2 Å². The molecule has 1 aromatic carbocycles. The highest BCUT2D eigenvalue weighted by atomic mass is 79.9. The van der Waals surface area contributed by atoms with E-state index in [0.29, 0.717) is 11.0 Å². The molecule has 0 bridgehead atoms. The largest absolute Gasteiger partial charge is 0.388 e. The van der Waals surface area contributed by atoms with Crippen molar-refractivity contribution in [2.24, 2.45) is 11.1 Å². The lowest BCUT2D eigenvalue weighted by Crippen LogP contribution is -2.31. The number of hydrogen-bond donors (Lipinski definition) is 2. The predicted octanol–water partition coefficient (Wildman–Crippen LogP) is 2.61. The molecule has 0 aliphatic rings. The van der Waals surface area contributed by atoms with Gasteiger partial charge in [0.1, 0.15) is 5.82 Å². The Labute approximate surface area is 97.4 Å². The Morgan fingerprint density at radius 1 is 1.53 bits per heavy atom. The summed E-state index contributed by atoms with van der Waals surface area (Å²) in [6.45, 7) is 3.90. The fourth-order valence-corrected chi connectivity index (χ4v) is 1.59. The molecule has 0 saturated heterocycles. The summed E-state index contributed by atoms with van der Waals surface area (Å²) in [7, 11) is 0. The summed E-state index contributed by atoms with van der Waals surface area (Å²) in [5.74, 6) is -0.418. The quantitative estimate of drug-likeness (QED) is 0.891. The molecule has 2 nitrogen and oxygen atoms in total. The Balaban J connectivity index is 3.06. The van der Waals surface area contributed by atoms with Crippen molar-refractivity contribution in [1.82, 2.24) is 0 Å². The van der Waals surface area contributed by atoms with Gasteiger partial charge in [-0.25, -0.2) is 4.39 Å². The van der Waals surface area contributed by atoms with Crippen molar-refractivity contribution < 1.29 is 9.50 Å². The van der Waals surface area contributed by atoms with Gasteiger partial charge < -0.3 is 10.8 Å². The van der Waals surface area contributed by atoms with Crippen LogP contribution in [0.1, 0.15) is 25.5 Å². The van der Waals surface area contributed by atoms with Gasteiger partial charge >= 0.3 is 0 Å². The summed E-state index contributed by atoms with van der Waals surface area (Å²) in [4.78, 5) is 0. The van der Waals surface area contributed by atoms with E-state index in [0.717, 1.165) is 0 Å². The normalized spacial score (nSPS) is 14.0. The standard InChI is InChI=1S/C11H15BrFNO/c1-11(2,6-14)10(15)8-4-3-7(12)5-9(8)13/h3-5,10,15H,6,14H2,1-2H3. The van der Waals surface area contributed by atoms with Crippen molar-refractivity contribution in [2.75, 3.05) is 6.54 Å². The second-order valence-corrected chi connectivity index (χ2v) is 5.18. The van der Waals surface area contributed by atoms with Gasteiger partial charge in [-0.15, -0.1) is 0 Å². The first-order chi connectivity index (χ1) is 6.88. The first-order valence-electron chi connectivity index (χ1n) is 4.71. The molecule has 0 aliphatic carbocycles. The third kappa shape index (κ3) is 2.77. The van der Waals surface area contributed by atoms with Gasteiger partial charge in [-0.1, -0.05) is 35.8 Å². The van der Waals surface area contributed by atoms with E-state index >= 15 is 0 Å². The fourth-order valence-electron chi connectivity index (χ4n) is 1.26. The SMILES string of the molecule is CC(C)(CN)C(O)c1ccc(Br)cc1F. The van der Waals surface area contributed by atoms with Crippen molar-refractivity contribution in [3.8, 4) is 0 Å². The van der Waals surface area contributed by atoms with Crippen LogP contribution in [0.3, 0.4) is 0 Å². The second kappa shape index (κ2) is 4.60. The summed E-state index contributed by atoms with van der Waals surface area (Å²) in [5, 5.41) is 9.98. The van der Waals surface area contributed by atoms with Gasteiger partial charge in [0.2, 0.25) is 0 Å². The Bertz CT molecular complexity index is 354. The zero-order valence-corrected chi connectivity index (χ0v) is 10.4. The third-order valence-electron chi connectivity index (χ3n) is 2.52. The maximum atomic E-state index is 13.5. The number of nitrogens with two attached hydrogens (primary N) is 1. The van der Waals surface area contributed by atoms with Gasteiger partial charge in [-0.05, 0) is 12.1 Å². The molecule has 0 radical (unpaired) electrons. The summed E-state index contributed by atoms with van der Waals surface area (Å²) < 4.78 is 14.2. The first-order valence-corrected chi connectivity index (χ1v) is 5.51. The maximum Gasteiger partial charge on any atom is 0.130 e. The minimum Gasteiger partial charge on any atom is -0.388 e. The molecule has 84 valence electrons. The number of hydrogen-bond acceptors (Lipinski definition) is 2. The fraction of sp³-hybridized carbons (Fsp3) is 0.455. The van der Waals surface area contributed by atoms with E-state index in [9.17, 15) is 9.50 Å². The summed E-state index contributed by atoms with van der Waals surface area (Å²) in [6.07, 6.45) is -0.893. The van der Waals surface area contributed by atoms with Crippen LogP contribution in [0.25, 0.3) is 0 Å². The molecule has 0 amide bonds. The first kappa shape index (κ1) is 12.6. The van der Waals surface area contributed by atoms with Crippen LogP contribution in [-0.2, 0) is 0 Å². The Morgan fingerprint density at radius 2 is 2.13 bits per heavy atom. The lowest BCUT2D eigenvalue weighted by atomic mass is 9.82. The van der Waals surface area contributed by atoms with E-state index in [-0.39, 0.29) is 5.56 Å². The molecule has 3 N–H and O–H groups in total. The van der Waals surface area contributed by atoms with Crippen molar-refractivity contribution in [3.63, 3.8) is 0 Å². The Morgan fingerprint density at radius 3 is 2.60 bits per heavy atom. The van der Waals surface area contributed by atoms with Crippen molar-refractivity contribution in [2.45, 2.75) is 20.0 Å². The molecule has 0 fully saturated rings. The molecular weight excluding hydrogens is 261 g/mol. The van der Waals surface area contributed by atoms with Gasteiger partial charge in [0, 0.05) is 22.0 Å². The molecule has 0 spiro atoms. The van der Waals surface area contributed by atoms with E-state index < -0.39 is 17.3 Å². The van der Waals surface area contributed by atoms with E-state index in [2.05, 4.69) is 15.9 Å². The van der Waals surface area contributed by atoms with E-state index in [1.54, 1.807) is 26.0 Å². The van der Waals surface area contributed by atoms with Crippen LogP contribution in [0.2, 0.25) is 0 Å². The minimum atomic E-state index is -0.893. The topological polar surface area (TPSA) is 46.2 Å². The molecule has 4 heteroatoms. The predicted molar refractivity (Wildman–Crippen MR) is 61.9 cm³/mol. The molecule has 1 rings (SSSR count). The molecule has 0 aliphatic heterocycles.